The van der Waals surface area contributed by atoms with Gasteiger partial charge in [-0.2, -0.15) is 0 Å². The molecule has 4 rings (SSSR count). The number of nitrogens with one attached hydrogen (secondary N) is 2. The lowest BCUT2D eigenvalue weighted by Gasteiger charge is -2.25. The Morgan fingerprint density at radius 1 is 1.16 bits per heavy atom. The number of benzene rings is 2. The zero-order chi connectivity index (χ0) is 21.8. The number of hydrogen-bond acceptors (Lipinski definition) is 6. The molecule has 6 nitrogen and oxygen atoms in total. The van der Waals surface area contributed by atoms with E-state index in [0.29, 0.717) is 28.9 Å². The zero-order valence-corrected chi connectivity index (χ0v) is 19.4. The van der Waals surface area contributed by atoms with Crippen molar-refractivity contribution in [2.45, 2.75) is 62.9 Å². The largest absolute Gasteiger partial charge is 0.375 e. The quantitative estimate of drug-likeness (QED) is 0.435. The average molecular weight is 459 g/mol. The van der Waals surface area contributed by atoms with Gasteiger partial charge in [-0.25, -0.2) is 13.4 Å². The lowest BCUT2D eigenvalue weighted by Crippen LogP contribution is -2.29. The minimum atomic E-state index is -3.73. The van der Waals surface area contributed by atoms with Crippen molar-refractivity contribution in [3.8, 4) is 0 Å². The molecule has 0 unspecified atom stereocenters. The van der Waals surface area contributed by atoms with Crippen LogP contribution in [0, 0.1) is 5.92 Å². The van der Waals surface area contributed by atoms with Crippen LogP contribution in [0.1, 0.15) is 51.0 Å². The number of para-hydroxylation sites is 1. The van der Waals surface area contributed by atoms with Gasteiger partial charge in [0.05, 0.1) is 20.8 Å². The van der Waals surface area contributed by atoms with E-state index in [4.69, 9.17) is 5.73 Å². The molecule has 2 aromatic carbocycles. The minimum absolute atomic E-state index is 0.179. The molecule has 0 saturated heterocycles. The average Bonchev–Trinajstić information content (AvgIpc) is 3.13. The van der Waals surface area contributed by atoms with Crippen LogP contribution in [0.15, 0.2) is 47.4 Å². The highest BCUT2D eigenvalue weighted by atomic mass is 32.2. The molecule has 4 N–H and O–H groups in total. The van der Waals surface area contributed by atoms with E-state index in [0.717, 1.165) is 16.2 Å². The number of aromatic nitrogens is 1. The zero-order valence-electron chi connectivity index (χ0n) is 17.8. The number of nitrogen functional groups attached to an aromatic ring is 1. The highest BCUT2D eigenvalue weighted by Gasteiger charge is 2.19. The fourth-order valence-corrected chi connectivity index (χ4v) is 6.20. The number of rotatable bonds is 8. The summed E-state index contributed by atoms with van der Waals surface area (Å²) in [7, 11) is -3.73. The maximum atomic E-state index is 13.0. The normalized spacial score (nSPS) is 16.4. The molecule has 0 bridgehead atoms. The van der Waals surface area contributed by atoms with E-state index in [1.54, 1.807) is 24.3 Å². The van der Waals surface area contributed by atoms with Crippen molar-refractivity contribution >= 4 is 42.4 Å². The Kier molecular flexibility index (Phi) is 6.79. The van der Waals surface area contributed by atoms with Crippen LogP contribution in [0.3, 0.4) is 0 Å². The van der Waals surface area contributed by atoms with Crippen LogP contribution in [0.5, 0.6) is 0 Å². The predicted molar refractivity (Wildman–Crippen MR) is 129 cm³/mol. The summed E-state index contributed by atoms with van der Waals surface area (Å²) in [4.78, 5) is 4.38. The third-order valence-electron chi connectivity index (χ3n) is 6.00. The Bertz CT molecular complexity index is 1140. The van der Waals surface area contributed by atoms with Gasteiger partial charge in [-0.15, -0.1) is 0 Å². The molecule has 3 aromatic rings. The second-order valence-electron chi connectivity index (χ2n) is 8.47. The lowest BCUT2D eigenvalue weighted by molar-refractivity contribution is 0.305. The summed E-state index contributed by atoms with van der Waals surface area (Å²) < 4.78 is 29.7. The van der Waals surface area contributed by atoms with Gasteiger partial charge >= 0.3 is 0 Å². The standard InChI is InChI=1S/C23H30N4O2S2/c1-16(13-17-7-3-2-4-8-17)25-15-18-9-5-6-10-20(18)27-31(28,29)19-11-12-22-21(14-19)26-23(24)30-22/h5-6,9-12,14,16-17,25,27H,2-4,7-8,13,15H2,1H3,(H2,24,26)/t16-/m0/s1. The molecule has 166 valence electrons. The molecule has 1 aliphatic carbocycles. The number of thiazole rings is 1. The summed E-state index contributed by atoms with van der Waals surface area (Å²) in [6.45, 7) is 2.84. The Morgan fingerprint density at radius 2 is 1.94 bits per heavy atom. The molecule has 1 aromatic heterocycles. The van der Waals surface area contributed by atoms with Gasteiger partial charge in [0, 0.05) is 12.6 Å². The summed E-state index contributed by atoms with van der Waals surface area (Å²) in [6.07, 6.45) is 7.90. The monoisotopic (exact) mass is 458 g/mol. The second kappa shape index (κ2) is 9.54. The molecule has 1 heterocycles. The summed E-state index contributed by atoms with van der Waals surface area (Å²) in [5, 5.41) is 4.01. The molecular weight excluding hydrogens is 428 g/mol. The summed E-state index contributed by atoms with van der Waals surface area (Å²) in [6, 6.07) is 12.8. The van der Waals surface area contributed by atoms with Gasteiger partial charge in [-0.1, -0.05) is 61.6 Å². The highest BCUT2D eigenvalue weighted by molar-refractivity contribution is 7.92. The van der Waals surface area contributed by atoms with Crippen LogP contribution in [0.2, 0.25) is 0 Å². The van der Waals surface area contributed by atoms with Gasteiger partial charge in [0.25, 0.3) is 10.0 Å². The van der Waals surface area contributed by atoms with E-state index in [1.165, 1.54) is 49.9 Å². The van der Waals surface area contributed by atoms with Gasteiger partial charge in [0.2, 0.25) is 0 Å². The first-order chi connectivity index (χ1) is 14.9. The van der Waals surface area contributed by atoms with Crippen molar-refractivity contribution in [3.63, 3.8) is 0 Å². The number of sulfonamides is 1. The maximum absolute atomic E-state index is 13.0. The van der Waals surface area contributed by atoms with E-state index >= 15 is 0 Å². The van der Waals surface area contributed by atoms with Crippen molar-refractivity contribution in [2.24, 2.45) is 5.92 Å². The molecule has 8 heteroatoms. The number of hydrogen-bond donors (Lipinski definition) is 3. The van der Waals surface area contributed by atoms with Gasteiger partial charge < -0.3 is 11.1 Å². The second-order valence-corrected chi connectivity index (χ2v) is 11.2. The molecule has 1 fully saturated rings. The topological polar surface area (TPSA) is 97.1 Å². The van der Waals surface area contributed by atoms with Crippen LogP contribution < -0.4 is 15.8 Å². The number of fused-ring (bicyclic) bond motifs is 1. The number of nitrogens with two attached hydrogens (primary N) is 1. The summed E-state index contributed by atoms with van der Waals surface area (Å²) >= 11 is 1.34. The van der Waals surface area contributed by atoms with Crippen LogP contribution in [0.4, 0.5) is 10.8 Å². The van der Waals surface area contributed by atoms with Crippen LogP contribution in [-0.2, 0) is 16.6 Å². The van der Waals surface area contributed by atoms with Crippen LogP contribution in [0.25, 0.3) is 10.2 Å². The van der Waals surface area contributed by atoms with Gasteiger partial charge in [-0.3, -0.25) is 4.72 Å². The van der Waals surface area contributed by atoms with E-state index in [-0.39, 0.29) is 4.90 Å². The highest BCUT2D eigenvalue weighted by Crippen LogP contribution is 2.29. The molecule has 1 saturated carbocycles. The number of nitrogens with zero attached hydrogens (tertiary/aromatic N) is 1. The third-order valence-corrected chi connectivity index (χ3v) is 8.23. The minimum Gasteiger partial charge on any atom is -0.375 e. The van der Waals surface area contributed by atoms with Crippen molar-refractivity contribution in [3.05, 3.63) is 48.0 Å². The molecular formula is C23H30N4O2S2. The fraction of sp³-hybridized carbons (Fsp3) is 0.435. The summed E-state index contributed by atoms with van der Waals surface area (Å²) in [5.74, 6) is 0.805. The molecule has 1 aliphatic rings. The Hall–Kier alpha value is -2.16. The lowest BCUT2D eigenvalue weighted by atomic mass is 9.85. The van der Waals surface area contributed by atoms with Crippen LogP contribution >= 0.6 is 11.3 Å². The molecule has 0 amide bonds. The Morgan fingerprint density at radius 3 is 2.74 bits per heavy atom. The Labute approximate surface area is 188 Å². The van der Waals surface area contributed by atoms with Gasteiger partial charge in [0.15, 0.2) is 5.13 Å². The van der Waals surface area contributed by atoms with Gasteiger partial charge in [0.1, 0.15) is 0 Å². The van der Waals surface area contributed by atoms with E-state index in [9.17, 15) is 8.42 Å². The predicted octanol–water partition coefficient (Wildman–Crippen LogP) is 5.13. The Balaban J connectivity index is 1.44. The first kappa shape index (κ1) is 22.0. The van der Waals surface area contributed by atoms with Gasteiger partial charge in [-0.05, 0) is 49.1 Å². The van der Waals surface area contributed by atoms with Crippen molar-refractivity contribution in [1.29, 1.82) is 0 Å². The maximum Gasteiger partial charge on any atom is 0.261 e. The van der Waals surface area contributed by atoms with E-state index < -0.39 is 10.0 Å². The first-order valence-corrected chi connectivity index (χ1v) is 13.2. The van der Waals surface area contributed by atoms with E-state index in [2.05, 4.69) is 21.9 Å². The molecule has 31 heavy (non-hydrogen) atoms. The molecule has 1 atom stereocenters. The third kappa shape index (κ3) is 5.56. The molecule has 0 radical (unpaired) electrons. The first-order valence-electron chi connectivity index (χ1n) is 10.9. The van der Waals surface area contributed by atoms with Crippen molar-refractivity contribution < 1.29 is 8.42 Å². The van der Waals surface area contributed by atoms with Crippen LogP contribution in [-0.4, -0.2) is 19.4 Å². The van der Waals surface area contributed by atoms with Crippen molar-refractivity contribution in [2.75, 3.05) is 10.5 Å². The van der Waals surface area contributed by atoms with E-state index in [1.807, 2.05) is 18.2 Å². The fourth-order valence-electron chi connectivity index (χ4n) is 4.36. The summed E-state index contributed by atoms with van der Waals surface area (Å²) in [5.41, 5.74) is 7.87. The SMILES string of the molecule is C[C@@H](CC1CCCCC1)NCc1ccccc1NS(=O)(=O)c1ccc2sc(N)nc2c1. The molecule has 0 spiro atoms. The molecule has 0 aliphatic heterocycles. The number of anilines is 2. The van der Waals surface area contributed by atoms with Crippen molar-refractivity contribution in [1.82, 2.24) is 10.3 Å². The smallest absolute Gasteiger partial charge is 0.261 e.